The highest BCUT2D eigenvalue weighted by atomic mass is 16.1. The van der Waals surface area contributed by atoms with Gasteiger partial charge in [0.1, 0.15) is 0 Å². The molecular weight excluding hydrogens is 236 g/mol. The summed E-state index contributed by atoms with van der Waals surface area (Å²) in [5.41, 5.74) is 3.99. The number of benzene rings is 1. The minimum Gasteiger partial charge on any atom is -0.313 e. The lowest BCUT2D eigenvalue weighted by atomic mass is 9.80. The van der Waals surface area contributed by atoms with E-state index in [4.69, 9.17) is 0 Å². The summed E-state index contributed by atoms with van der Waals surface area (Å²) < 4.78 is 0. The van der Waals surface area contributed by atoms with Crippen molar-refractivity contribution in [1.82, 2.24) is 9.97 Å². The Balaban J connectivity index is 1.98. The van der Waals surface area contributed by atoms with E-state index in [1.807, 2.05) is 6.92 Å². The smallest absolute Gasteiger partial charge is 0.254 e. The van der Waals surface area contributed by atoms with Crippen LogP contribution in [0.5, 0.6) is 0 Å². The molecule has 0 saturated heterocycles. The SMILES string of the molecule is CCc1c(-c2ccc(C3CCC3)cc2)nc[nH]c1=O. The van der Waals surface area contributed by atoms with Crippen LogP contribution in [0.2, 0.25) is 0 Å². The molecule has 0 spiro atoms. The molecule has 0 radical (unpaired) electrons. The first-order valence-electron chi connectivity index (χ1n) is 6.96. The van der Waals surface area contributed by atoms with E-state index < -0.39 is 0 Å². The summed E-state index contributed by atoms with van der Waals surface area (Å²) in [5, 5.41) is 0. The van der Waals surface area contributed by atoms with Gasteiger partial charge in [0.25, 0.3) is 5.56 Å². The summed E-state index contributed by atoms with van der Waals surface area (Å²) >= 11 is 0. The van der Waals surface area contributed by atoms with Crippen LogP contribution in [0.3, 0.4) is 0 Å². The molecule has 0 aliphatic heterocycles. The molecule has 1 N–H and O–H groups in total. The molecule has 0 atom stereocenters. The van der Waals surface area contributed by atoms with Gasteiger partial charge in [0, 0.05) is 11.1 Å². The molecule has 3 heteroatoms. The zero-order chi connectivity index (χ0) is 13.2. The second kappa shape index (κ2) is 5.00. The maximum Gasteiger partial charge on any atom is 0.254 e. The van der Waals surface area contributed by atoms with Gasteiger partial charge < -0.3 is 4.98 Å². The number of aromatic nitrogens is 2. The first kappa shape index (κ1) is 12.2. The van der Waals surface area contributed by atoms with Gasteiger partial charge in [-0.2, -0.15) is 0 Å². The van der Waals surface area contributed by atoms with Gasteiger partial charge in [0.05, 0.1) is 12.0 Å². The zero-order valence-corrected chi connectivity index (χ0v) is 11.1. The van der Waals surface area contributed by atoms with Crippen molar-refractivity contribution in [2.75, 3.05) is 0 Å². The van der Waals surface area contributed by atoms with Crippen molar-refractivity contribution in [2.45, 2.75) is 38.5 Å². The average Bonchev–Trinajstić information content (AvgIpc) is 2.37. The van der Waals surface area contributed by atoms with E-state index in [1.165, 1.54) is 31.2 Å². The number of hydrogen-bond acceptors (Lipinski definition) is 2. The fourth-order valence-corrected chi connectivity index (χ4v) is 2.66. The third-order valence-corrected chi connectivity index (χ3v) is 4.06. The summed E-state index contributed by atoms with van der Waals surface area (Å²) in [7, 11) is 0. The fourth-order valence-electron chi connectivity index (χ4n) is 2.66. The maximum atomic E-state index is 11.8. The molecule has 3 nitrogen and oxygen atoms in total. The molecule has 3 rings (SSSR count). The lowest BCUT2D eigenvalue weighted by molar-refractivity contribution is 0.420. The van der Waals surface area contributed by atoms with Crippen LogP contribution in [0.15, 0.2) is 35.4 Å². The highest BCUT2D eigenvalue weighted by molar-refractivity contribution is 5.62. The Kier molecular flexibility index (Phi) is 3.20. The van der Waals surface area contributed by atoms with Crippen LogP contribution in [0.1, 0.15) is 43.2 Å². The van der Waals surface area contributed by atoms with E-state index in [1.54, 1.807) is 0 Å². The fraction of sp³-hybridized carbons (Fsp3) is 0.375. The Morgan fingerprint density at radius 1 is 1.26 bits per heavy atom. The Morgan fingerprint density at radius 2 is 2.00 bits per heavy atom. The molecule has 1 fully saturated rings. The molecule has 0 bridgehead atoms. The van der Waals surface area contributed by atoms with Crippen molar-refractivity contribution in [1.29, 1.82) is 0 Å². The number of nitrogens with zero attached hydrogens (tertiary/aromatic N) is 1. The molecule has 1 saturated carbocycles. The van der Waals surface area contributed by atoms with Gasteiger partial charge in [0.15, 0.2) is 0 Å². The van der Waals surface area contributed by atoms with Gasteiger partial charge in [-0.15, -0.1) is 0 Å². The highest BCUT2D eigenvalue weighted by Crippen LogP contribution is 2.36. The van der Waals surface area contributed by atoms with E-state index in [0.29, 0.717) is 6.42 Å². The molecule has 1 aromatic heterocycles. The van der Waals surface area contributed by atoms with Crippen molar-refractivity contribution in [2.24, 2.45) is 0 Å². The summed E-state index contributed by atoms with van der Waals surface area (Å²) in [4.78, 5) is 18.8. The molecule has 19 heavy (non-hydrogen) atoms. The quantitative estimate of drug-likeness (QED) is 0.913. The van der Waals surface area contributed by atoms with Crippen LogP contribution in [0.25, 0.3) is 11.3 Å². The van der Waals surface area contributed by atoms with Crippen LogP contribution in [-0.4, -0.2) is 9.97 Å². The van der Waals surface area contributed by atoms with Crippen LogP contribution < -0.4 is 5.56 Å². The standard InChI is InChI=1S/C16H18N2O/c1-2-14-15(17-10-18-16(14)19)13-8-6-12(7-9-13)11-4-3-5-11/h6-11H,2-5H2,1H3,(H,17,18,19). The van der Waals surface area contributed by atoms with E-state index in [2.05, 4.69) is 34.2 Å². The van der Waals surface area contributed by atoms with E-state index in [-0.39, 0.29) is 5.56 Å². The zero-order valence-electron chi connectivity index (χ0n) is 11.1. The Bertz CT molecular complexity index is 624. The largest absolute Gasteiger partial charge is 0.313 e. The van der Waals surface area contributed by atoms with Gasteiger partial charge in [-0.3, -0.25) is 4.79 Å². The van der Waals surface area contributed by atoms with E-state index in [9.17, 15) is 4.79 Å². The second-order valence-corrected chi connectivity index (χ2v) is 5.16. The van der Waals surface area contributed by atoms with Crippen LogP contribution in [-0.2, 0) is 6.42 Å². The molecule has 2 aromatic rings. The lowest BCUT2D eigenvalue weighted by Gasteiger charge is -2.25. The summed E-state index contributed by atoms with van der Waals surface area (Å²) in [5.74, 6) is 0.742. The Morgan fingerprint density at radius 3 is 2.58 bits per heavy atom. The third kappa shape index (κ3) is 2.21. The molecule has 1 aliphatic carbocycles. The number of nitrogens with one attached hydrogen (secondary N) is 1. The molecule has 1 heterocycles. The van der Waals surface area contributed by atoms with Crippen molar-refractivity contribution < 1.29 is 0 Å². The number of hydrogen-bond donors (Lipinski definition) is 1. The lowest BCUT2D eigenvalue weighted by Crippen LogP contribution is -2.14. The van der Waals surface area contributed by atoms with Gasteiger partial charge in [-0.25, -0.2) is 4.98 Å². The molecule has 0 unspecified atom stereocenters. The van der Waals surface area contributed by atoms with Crippen molar-refractivity contribution >= 4 is 0 Å². The summed E-state index contributed by atoms with van der Waals surface area (Å²) in [6.45, 7) is 1.98. The number of rotatable bonds is 3. The summed E-state index contributed by atoms with van der Waals surface area (Å²) in [6.07, 6.45) is 6.15. The average molecular weight is 254 g/mol. The van der Waals surface area contributed by atoms with E-state index >= 15 is 0 Å². The minimum absolute atomic E-state index is 0.0319. The van der Waals surface area contributed by atoms with Crippen molar-refractivity contribution in [3.63, 3.8) is 0 Å². The van der Waals surface area contributed by atoms with Gasteiger partial charge in [-0.1, -0.05) is 37.6 Å². The number of aromatic amines is 1. The monoisotopic (exact) mass is 254 g/mol. The van der Waals surface area contributed by atoms with Gasteiger partial charge >= 0.3 is 0 Å². The molecular formula is C16H18N2O. The minimum atomic E-state index is -0.0319. The van der Waals surface area contributed by atoms with Crippen molar-refractivity contribution in [3.8, 4) is 11.3 Å². The van der Waals surface area contributed by atoms with Crippen LogP contribution >= 0.6 is 0 Å². The summed E-state index contributed by atoms with van der Waals surface area (Å²) in [6, 6.07) is 8.55. The Labute approximate surface area is 112 Å². The molecule has 1 aromatic carbocycles. The highest BCUT2D eigenvalue weighted by Gasteiger charge is 2.19. The normalized spacial score (nSPS) is 15.2. The van der Waals surface area contributed by atoms with Crippen LogP contribution in [0.4, 0.5) is 0 Å². The molecule has 98 valence electrons. The topological polar surface area (TPSA) is 45.8 Å². The van der Waals surface area contributed by atoms with Crippen molar-refractivity contribution in [3.05, 3.63) is 52.1 Å². The second-order valence-electron chi connectivity index (χ2n) is 5.16. The van der Waals surface area contributed by atoms with Gasteiger partial charge in [-0.05, 0) is 30.7 Å². The van der Waals surface area contributed by atoms with E-state index in [0.717, 1.165) is 22.7 Å². The van der Waals surface area contributed by atoms with Gasteiger partial charge in [0.2, 0.25) is 0 Å². The first-order chi connectivity index (χ1) is 9.29. The Hall–Kier alpha value is -1.90. The predicted molar refractivity (Wildman–Crippen MR) is 76.3 cm³/mol. The maximum absolute atomic E-state index is 11.8. The first-order valence-corrected chi connectivity index (χ1v) is 6.96. The van der Waals surface area contributed by atoms with Crippen LogP contribution in [0, 0.1) is 0 Å². The predicted octanol–water partition coefficient (Wildman–Crippen LogP) is 3.27. The number of H-pyrrole nitrogens is 1. The third-order valence-electron chi connectivity index (χ3n) is 4.06. The molecule has 0 amide bonds. The molecule has 1 aliphatic rings.